The van der Waals surface area contributed by atoms with Gasteiger partial charge in [0, 0.05) is 18.5 Å². The molecule has 10 heteroatoms. The van der Waals surface area contributed by atoms with Gasteiger partial charge in [-0.15, -0.1) is 0 Å². The number of ether oxygens (including phenoxy) is 3. The normalized spacial score (nSPS) is 22.7. The fourth-order valence-electron chi connectivity index (χ4n) is 3.58. The number of cyclic esters (lactones) is 2. The molecule has 1 aliphatic heterocycles. The Balaban J connectivity index is 1.87. The van der Waals surface area contributed by atoms with Gasteiger partial charge in [0.05, 0.1) is 5.92 Å². The number of hydrogen-bond acceptors (Lipinski definition) is 8. The summed E-state index contributed by atoms with van der Waals surface area (Å²) in [5.41, 5.74) is 0.0304. The monoisotopic (exact) mass is 484 g/mol. The van der Waals surface area contributed by atoms with E-state index in [2.05, 4.69) is 10.3 Å². The lowest BCUT2D eigenvalue weighted by atomic mass is 9.91. The van der Waals surface area contributed by atoms with Gasteiger partial charge in [-0.3, -0.25) is 19.2 Å². The van der Waals surface area contributed by atoms with Gasteiger partial charge in [0.25, 0.3) is 5.91 Å². The van der Waals surface area contributed by atoms with Crippen molar-refractivity contribution in [3.63, 3.8) is 0 Å². The smallest absolute Gasteiger partial charge is 0.332 e. The third kappa shape index (κ3) is 6.56. The standard InChI is InChI=1S/C25H28N2O8/c1-14(2)23(30)35-21-15(3)34-25(32)19(27-22(29)18-12-26-10-9-20(18)28)13-33-24(31)17(21)11-16-7-5-4-6-8-16/h4-10,12,14-15,17,19,21H,11,13H2,1-3H3,(H,26,28)(H,27,29)/t15-,17+,19?,21-/m0/s1. The first kappa shape index (κ1) is 25.7. The molecule has 0 bridgehead atoms. The third-order valence-corrected chi connectivity index (χ3v) is 5.54. The van der Waals surface area contributed by atoms with E-state index >= 15 is 0 Å². The number of nitrogens with one attached hydrogen (secondary N) is 2. The van der Waals surface area contributed by atoms with Crippen LogP contribution in [0.3, 0.4) is 0 Å². The van der Waals surface area contributed by atoms with E-state index < -0.39 is 65.9 Å². The first-order valence-corrected chi connectivity index (χ1v) is 11.3. The van der Waals surface area contributed by atoms with Gasteiger partial charge in [0.2, 0.25) is 0 Å². The maximum atomic E-state index is 13.1. The number of rotatable bonds is 6. The molecule has 1 fully saturated rings. The number of esters is 3. The number of carbonyl (C=O) groups is 4. The number of amides is 1. The van der Waals surface area contributed by atoms with Crippen molar-refractivity contribution in [2.45, 2.75) is 45.4 Å². The Morgan fingerprint density at radius 1 is 1.11 bits per heavy atom. The SMILES string of the molecule is CC(C)C(=O)O[C@H]1[C@H](C)OC(=O)C(NC(=O)c2c[nH]ccc2=O)COC(=O)[C@@H]1Cc1ccccc1. The highest BCUT2D eigenvalue weighted by Gasteiger charge is 2.42. The van der Waals surface area contributed by atoms with Crippen LogP contribution in [0.1, 0.15) is 36.7 Å². The Morgan fingerprint density at radius 2 is 1.83 bits per heavy atom. The van der Waals surface area contributed by atoms with Crippen LogP contribution < -0.4 is 10.7 Å². The summed E-state index contributed by atoms with van der Waals surface area (Å²) in [4.78, 5) is 65.6. The van der Waals surface area contributed by atoms with Gasteiger partial charge in [0.15, 0.2) is 17.6 Å². The molecule has 1 aromatic heterocycles. The number of benzene rings is 1. The van der Waals surface area contributed by atoms with Crippen molar-refractivity contribution in [1.29, 1.82) is 0 Å². The van der Waals surface area contributed by atoms with E-state index in [1.165, 1.54) is 25.4 Å². The first-order valence-electron chi connectivity index (χ1n) is 11.3. The fraction of sp³-hybridized carbons (Fsp3) is 0.400. The van der Waals surface area contributed by atoms with Crippen molar-refractivity contribution >= 4 is 23.8 Å². The highest BCUT2D eigenvalue weighted by molar-refractivity contribution is 5.96. The summed E-state index contributed by atoms with van der Waals surface area (Å²) in [6, 6.07) is 8.88. The number of pyridine rings is 1. The molecule has 0 radical (unpaired) electrons. The van der Waals surface area contributed by atoms with Crippen LogP contribution in [0.4, 0.5) is 0 Å². The van der Waals surface area contributed by atoms with Crippen molar-refractivity contribution in [3.05, 3.63) is 70.1 Å². The van der Waals surface area contributed by atoms with Crippen molar-refractivity contribution in [2.75, 3.05) is 6.61 Å². The van der Waals surface area contributed by atoms with Gasteiger partial charge in [0.1, 0.15) is 24.2 Å². The van der Waals surface area contributed by atoms with Gasteiger partial charge < -0.3 is 24.5 Å². The Labute approximate surface area is 202 Å². The molecule has 35 heavy (non-hydrogen) atoms. The third-order valence-electron chi connectivity index (χ3n) is 5.54. The minimum Gasteiger partial charge on any atom is -0.463 e. The molecule has 2 aromatic rings. The highest BCUT2D eigenvalue weighted by atomic mass is 16.6. The molecular formula is C25H28N2O8. The minimum atomic E-state index is -1.37. The van der Waals surface area contributed by atoms with E-state index in [-0.39, 0.29) is 12.0 Å². The maximum Gasteiger partial charge on any atom is 0.332 e. The quantitative estimate of drug-likeness (QED) is 0.463. The summed E-state index contributed by atoms with van der Waals surface area (Å²) < 4.78 is 16.5. The van der Waals surface area contributed by atoms with Crippen LogP contribution in [0.5, 0.6) is 0 Å². The highest BCUT2D eigenvalue weighted by Crippen LogP contribution is 2.24. The van der Waals surface area contributed by atoms with E-state index in [1.807, 2.05) is 30.3 Å². The number of carbonyl (C=O) groups excluding carboxylic acids is 4. The molecule has 1 aliphatic rings. The summed E-state index contributed by atoms with van der Waals surface area (Å²) in [5, 5.41) is 2.38. The average molecular weight is 485 g/mol. The summed E-state index contributed by atoms with van der Waals surface area (Å²) in [5.74, 6) is -4.44. The van der Waals surface area contributed by atoms with Gasteiger partial charge >= 0.3 is 17.9 Å². The summed E-state index contributed by atoms with van der Waals surface area (Å²) in [6.45, 7) is 4.29. The lowest BCUT2D eigenvalue weighted by molar-refractivity contribution is -0.176. The fourth-order valence-corrected chi connectivity index (χ4v) is 3.58. The van der Waals surface area contributed by atoms with Crippen LogP contribution >= 0.6 is 0 Å². The van der Waals surface area contributed by atoms with Gasteiger partial charge in [-0.05, 0) is 18.9 Å². The van der Waals surface area contributed by atoms with Crippen molar-refractivity contribution in [2.24, 2.45) is 11.8 Å². The van der Waals surface area contributed by atoms with Gasteiger partial charge in [-0.2, -0.15) is 0 Å². The lowest BCUT2D eigenvalue weighted by Crippen LogP contribution is -2.47. The van der Waals surface area contributed by atoms with E-state index in [0.29, 0.717) is 0 Å². The Hall–Kier alpha value is -3.95. The van der Waals surface area contributed by atoms with Crippen LogP contribution in [-0.2, 0) is 35.0 Å². The predicted octanol–water partition coefficient (Wildman–Crippen LogP) is 1.39. The Bertz CT molecular complexity index is 1130. The second-order valence-electron chi connectivity index (χ2n) is 8.57. The molecule has 1 amide bonds. The molecule has 3 rings (SSSR count). The number of H-pyrrole nitrogens is 1. The lowest BCUT2D eigenvalue weighted by Gasteiger charge is -2.29. The summed E-state index contributed by atoms with van der Waals surface area (Å²) >= 11 is 0. The van der Waals surface area contributed by atoms with Gasteiger partial charge in [-0.1, -0.05) is 44.2 Å². The zero-order chi connectivity index (χ0) is 25.5. The van der Waals surface area contributed by atoms with E-state index in [9.17, 15) is 24.0 Å². The Morgan fingerprint density at radius 3 is 2.49 bits per heavy atom. The largest absolute Gasteiger partial charge is 0.463 e. The molecular weight excluding hydrogens is 456 g/mol. The summed E-state index contributed by atoms with van der Waals surface area (Å²) in [7, 11) is 0. The van der Waals surface area contributed by atoms with Crippen LogP contribution in [0.15, 0.2) is 53.6 Å². The van der Waals surface area contributed by atoms with Crippen molar-refractivity contribution in [3.8, 4) is 0 Å². The van der Waals surface area contributed by atoms with Crippen LogP contribution in [0.2, 0.25) is 0 Å². The molecule has 2 heterocycles. The van der Waals surface area contributed by atoms with Crippen LogP contribution in [-0.4, -0.2) is 53.7 Å². The summed E-state index contributed by atoms with van der Waals surface area (Å²) in [6.07, 6.45) is 0.595. The molecule has 2 N–H and O–H groups in total. The molecule has 1 aromatic carbocycles. The molecule has 0 aliphatic carbocycles. The first-order chi connectivity index (χ1) is 16.7. The van der Waals surface area contributed by atoms with E-state index in [4.69, 9.17) is 14.2 Å². The zero-order valence-electron chi connectivity index (χ0n) is 19.7. The van der Waals surface area contributed by atoms with Crippen molar-refractivity contribution < 1.29 is 33.4 Å². The van der Waals surface area contributed by atoms with Crippen LogP contribution in [0.25, 0.3) is 0 Å². The van der Waals surface area contributed by atoms with Crippen LogP contribution in [0, 0.1) is 11.8 Å². The molecule has 10 nitrogen and oxygen atoms in total. The average Bonchev–Trinajstić information content (AvgIpc) is 2.86. The van der Waals surface area contributed by atoms with Crippen molar-refractivity contribution in [1.82, 2.24) is 10.3 Å². The van der Waals surface area contributed by atoms with Gasteiger partial charge in [-0.25, -0.2) is 4.79 Å². The molecule has 186 valence electrons. The second kappa shape index (κ2) is 11.5. The number of hydrogen-bond donors (Lipinski definition) is 2. The molecule has 4 atom stereocenters. The number of aromatic nitrogens is 1. The molecule has 1 unspecified atom stereocenters. The number of aromatic amines is 1. The van der Waals surface area contributed by atoms with E-state index in [1.54, 1.807) is 13.8 Å². The molecule has 1 saturated heterocycles. The molecule has 0 spiro atoms. The Kier molecular flexibility index (Phi) is 8.40. The predicted molar refractivity (Wildman–Crippen MR) is 123 cm³/mol. The minimum absolute atomic E-state index is 0.175. The second-order valence-corrected chi connectivity index (χ2v) is 8.57. The molecule has 0 saturated carbocycles. The maximum absolute atomic E-state index is 13.1. The topological polar surface area (TPSA) is 141 Å². The van der Waals surface area contributed by atoms with E-state index in [0.717, 1.165) is 5.56 Å². The zero-order valence-corrected chi connectivity index (χ0v) is 19.7.